The predicted molar refractivity (Wildman–Crippen MR) is 87.3 cm³/mol. The zero-order valence-corrected chi connectivity index (χ0v) is 14.2. The van der Waals surface area contributed by atoms with E-state index in [1.165, 1.54) is 57.1 Å². The Morgan fingerprint density at radius 3 is 2.80 bits per heavy atom. The van der Waals surface area contributed by atoms with Gasteiger partial charge >= 0.3 is 0 Å². The number of nitrogens with zero attached hydrogens (tertiary/aromatic N) is 2. The van der Waals surface area contributed by atoms with E-state index in [2.05, 4.69) is 39.8 Å². The molecule has 1 aromatic rings. The molecule has 112 valence electrons. The van der Waals surface area contributed by atoms with Crippen molar-refractivity contribution < 1.29 is 0 Å². The Balaban J connectivity index is 1.61. The van der Waals surface area contributed by atoms with Crippen molar-refractivity contribution in [2.24, 2.45) is 11.8 Å². The molecule has 0 saturated heterocycles. The second-order valence-corrected chi connectivity index (χ2v) is 8.15. The molecule has 0 radical (unpaired) electrons. The first-order valence-corrected chi connectivity index (χ1v) is 9.32. The summed E-state index contributed by atoms with van der Waals surface area (Å²) in [6.45, 7) is 2.40. The van der Waals surface area contributed by atoms with Gasteiger partial charge in [0.2, 0.25) is 0 Å². The van der Waals surface area contributed by atoms with E-state index in [-0.39, 0.29) is 0 Å². The maximum atomic E-state index is 4.88. The van der Waals surface area contributed by atoms with Gasteiger partial charge in [-0.3, -0.25) is 4.68 Å². The number of rotatable bonds is 3. The molecule has 0 bridgehead atoms. The Hall–Kier alpha value is -0.310. The number of alkyl halides is 1. The molecule has 2 saturated carbocycles. The first-order valence-electron chi connectivity index (χ1n) is 8.40. The normalized spacial score (nSPS) is 32.4. The fourth-order valence-corrected chi connectivity index (χ4v) is 4.64. The van der Waals surface area contributed by atoms with E-state index in [4.69, 9.17) is 5.10 Å². The highest BCUT2D eigenvalue weighted by Crippen LogP contribution is 2.35. The summed E-state index contributed by atoms with van der Waals surface area (Å²) in [6, 6.07) is 2.93. The fourth-order valence-electron chi connectivity index (χ4n) is 3.98. The maximum absolute atomic E-state index is 4.88. The topological polar surface area (TPSA) is 17.8 Å². The summed E-state index contributed by atoms with van der Waals surface area (Å²) in [5.41, 5.74) is 1.30. The van der Waals surface area contributed by atoms with Gasteiger partial charge in [0, 0.05) is 11.0 Å². The molecule has 20 heavy (non-hydrogen) atoms. The van der Waals surface area contributed by atoms with Crippen molar-refractivity contribution >= 4 is 15.9 Å². The van der Waals surface area contributed by atoms with Crippen LogP contribution in [0, 0.1) is 11.8 Å². The number of halogens is 1. The summed E-state index contributed by atoms with van der Waals surface area (Å²) in [7, 11) is 0. The van der Waals surface area contributed by atoms with Gasteiger partial charge in [-0.2, -0.15) is 5.10 Å². The Labute approximate surface area is 131 Å². The van der Waals surface area contributed by atoms with Crippen LogP contribution in [0.2, 0.25) is 0 Å². The highest BCUT2D eigenvalue weighted by molar-refractivity contribution is 9.09. The number of hydrogen-bond acceptors (Lipinski definition) is 1. The molecule has 0 spiro atoms. The average molecular weight is 339 g/mol. The molecule has 2 aliphatic rings. The van der Waals surface area contributed by atoms with Gasteiger partial charge < -0.3 is 0 Å². The molecule has 1 heterocycles. The minimum Gasteiger partial charge on any atom is -0.269 e. The molecule has 3 unspecified atom stereocenters. The lowest BCUT2D eigenvalue weighted by Gasteiger charge is -2.31. The molecule has 1 aromatic heterocycles. The fraction of sp³-hybridized carbons (Fsp3) is 0.824. The Bertz CT molecular complexity index is 422. The average Bonchev–Trinajstić information content (AvgIpc) is 2.92. The lowest BCUT2D eigenvalue weighted by molar-refractivity contribution is 0.289. The van der Waals surface area contributed by atoms with Gasteiger partial charge in [0.1, 0.15) is 0 Å². The first-order chi connectivity index (χ1) is 9.72. The summed E-state index contributed by atoms with van der Waals surface area (Å²) >= 11 is 3.89. The third-order valence-corrected chi connectivity index (χ3v) is 6.44. The molecule has 0 aliphatic heterocycles. The minimum atomic E-state index is 0.669. The van der Waals surface area contributed by atoms with Crippen LogP contribution >= 0.6 is 15.9 Å². The Morgan fingerprint density at radius 2 is 2.00 bits per heavy atom. The van der Waals surface area contributed by atoms with Crippen LogP contribution in [0.25, 0.3) is 0 Å². The van der Waals surface area contributed by atoms with Crippen molar-refractivity contribution in [3.63, 3.8) is 0 Å². The van der Waals surface area contributed by atoms with E-state index in [0.29, 0.717) is 10.9 Å². The highest BCUT2D eigenvalue weighted by Gasteiger charge is 2.27. The first kappa shape index (κ1) is 14.6. The lowest BCUT2D eigenvalue weighted by atomic mass is 9.80. The van der Waals surface area contributed by atoms with Crippen LogP contribution in [0.3, 0.4) is 0 Å². The minimum absolute atomic E-state index is 0.669. The third-order valence-electron chi connectivity index (χ3n) is 5.24. The molecule has 3 rings (SSSR count). The van der Waals surface area contributed by atoms with Gasteiger partial charge in [-0.05, 0) is 56.4 Å². The zero-order valence-electron chi connectivity index (χ0n) is 12.6. The van der Waals surface area contributed by atoms with E-state index >= 15 is 0 Å². The van der Waals surface area contributed by atoms with E-state index < -0.39 is 0 Å². The Morgan fingerprint density at radius 1 is 1.20 bits per heavy atom. The van der Waals surface area contributed by atoms with Crippen LogP contribution in [0.4, 0.5) is 0 Å². The summed E-state index contributed by atoms with van der Waals surface area (Å²) in [5.74, 6) is 1.66. The van der Waals surface area contributed by atoms with Crippen molar-refractivity contribution in [1.29, 1.82) is 0 Å². The van der Waals surface area contributed by atoms with Gasteiger partial charge in [0.15, 0.2) is 0 Å². The summed E-state index contributed by atoms with van der Waals surface area (Å²) < 4.78 is 2.25. The number of hydrogen-bond donors (Lipinski definition) is 0. The van der Waals surface area contributed by atoms with Gasteiger partial charge in [-0.15, -0.1) is 0 Å². The standard InChI is InChI=1S/C17H27BrN2/c1-13-7-8-17(18)14(11-13)12-15-9-10-20(19-15)16-5-3-2-4-6-16/h9-10,13-14,16-17H,2-8,11-12H2,1H3. The van der Waals surface area contributed by atoms with Gasteiger partial charge in [-0.25, -0.2) is 0 Å². The molecule has 0 amide bonds. The quantitative estimate of drug-likeness (QED) is 0.698. The third kappa shape index (κ3) is 3.47. The Kier molecular flexibility index (Phi) is 4.85. The van der Waals surface area contributed by atoms with Crippen molar-refractivity contribution in [2.75, 3.05) is 0 Å². The highest BCUT2D eigenvalue weighted by atomic mass is 79.9. The molecule has 0 aromatic carbocycles. The second kappa shape index (κ2) is 6.64. The largest absolute Gasteiger partial charge is 0.269 e. The summed E-state index contributed by atoms with van der Waals surface area (Å²) in [5, 5.41) is 4.88. The van der Waals surface area contributed by atoms with E-state index in [9.17, 15) is 0 Å². The summed E-state index contributed by atoms with van der Waals surface area (Å²) in [6.07, 6.45) is 14.2. The molecule has 2 fully saturated rings. The van der Waals surface area contributed by atoms with E-state index in [1.54, 1.807) is 0 Å². The molecule has 2 aliphatic carbocycles. The van der Waals surface area contributed by atoms with Crippen molar-refractivity contribution in [3.05, 3.63) is 18.0 Å². The molecule has 3 heteroatoms. The van der Waals surface area contributed by atoms with Gasteiger partial charge in [0.25, 0.3) is 0 Å². The van der Waals surface area contributed by atoms with Crippen molar-refractivity contribution in [2.45, 2.75) is 75.6 Å². The van der Waals surface area contributed by atoms with E-state index in [0.717, 1.165) is 18.3 Å². The molecule has 2 nitrogen and oxygen atoms in total. The lowest BCUT2D eigenvalue weighted by Crippen LogP contribution is -2.25. The van der Waals surface area contributed by atoms with Gasteiger partial charge in [-0.1, -0.05) is 42.1 Å². The summed E-state index contributed by atoms with van der Waals surface area (Å²) in [4.78, 5) is 0.693. The molecular weight excluding hydrogens is 312 g/mol. The maximum Gasteiger partial charge on any atom is 0.0627 e. The van der Waals surface area contributed by atoms with Crippen molar-refractivity contribution in [1.82, 2.24) is 9.78 Å². The monoisotopic (exact) mass is 338 g/mol. The predicted octanol–water partition coefficient (Wildman–Crippen LogP) is 5.13. The smallest absolute Gasteiger partial charge is 0.0627 e. The molecule has 0 N–H and O–H groups in total. The molecule has 3 atom stereocenters. The van der Waals surface area contributed by atoms with Crippen LogP contribution in [0.1, 0.15) is 70.0 Å². The van der Waals surface area contributed by atoms with Crippen LogP contribution < -0.4 is 0 Å². The van der Waals surface area contributed by atoms with Crippen LogP contribution in [-0.2, 0) is 6.42 Å². The second-order valence-electron chi connectivity index (χ2n) is 6.98. The molecular formula is C17H27BrN2. The van der Waals surface area contributed by atoms with Crippen LogP contribution in [0.5, 0.6) is 0 Å². The van der Waals surface area contributed by atoms with Crippen LogP contribution in [-0.4, -0.2) is 14.6 Å². The van der Waals surface area contributed by atoms with Crippen LogP contribution in [0.15, 0.2) is 12.3 Å². The number of aromatic nitrogens is 2. The van der Waals surface area contributed by atoms with Crippen molar-refractivity contribution in [3.8, 4) is 0 Å². The van der Waals surface area contributed by atoms with Gasteiger partial charge in [0.05, 0.1) is 11.7 Å². The zero-order chi connectivity index (χ0) is 13.9. The SMILES string of the molecule is CC1CCC(Br)C(Cc2ccn(C3CCCCC3)n2)C1. The van der Waals surface area contributed by atoms with E-state index in [1.807, 2.05) is 0 Å².